The van der Waals surface area contributed by atoms with Crippen LogP contribution < -0.4 is 5.32 Å². The van der Waals surface area contributed by atoms with Gasteiger partial charge in [0.05, 0.1) is 18.1 Å². The highest BCUT2D eigenvalue weighted by Gasteiger charge is 2.22. The van der Waals surface area contributed by atoms with Gasteiger partial charge >= 0.3 is 0 Å². The maximum absolute atomic E-state index is 9.11. The normalized spacial score (nSPS) is 24.7. The van der Waals surface area contributed by atoms with Gasteiger partial charge in [-0.15, -0.1) is 0 Å². The van der Waals surface area contributed by atoms with E-state index < -0.39 is 0 Å². The van der Waals surface area contributed by atoms with Gasteiger partial charge < -0.3 is 9.88 Å². The zero-order valence-electron chi connectivity index (χ0n) is 17.6. The fraction of sp³-hybridized carbons (Fsp3) is 0.520. The molecule has 0 aliphatic heterocycles. The summed E-state index contributed by atoms with van der Waals surface area (Å²) in [6.45, 7) is 1.85. The van der Waals surface area contributed by atoms with E-state index in [9.17, 15) is 0 Å². The number of nitriles is 1. The highest BCUT2D eigenvalue weighted by atomic mass is 35.5. The van der Waals surface area contributed by atoms with Crippen molar-refractivity contribution < 1.29 is 0 Å². The summed E-state index contributed by atoms with van der Waals surface area (Å²) in [5.41, 5.74) is 3.89. The predicted octanol–water partition coefficient (Wildman–Crippen LogP) is 5.98. The molecule has 30 heavy (non-hydrogen) atoms. The first kappa shape index (κ1) is 21.2. The van der Waals surface area contributed by atoms with Crippen LogP contribution in [0.3, 0.4) is 0 Å². The first-order chi connectivity index (χ1) is 14.7. The monoisotopic (exact) mass is 422 g/mol. The van der Waals surface area contributed by atoms with E-state index in [2.05, 4.69) is 39.1 Å². The Kier molecular flexibility index (Phi) is 7.25. The lowest BCUT2D eigenvalue weighted by molar-refractivity contribution is 0.282. The lowest BCUT2D eigenvalue weighted by atomic mass is 9.83. The van der Waals surface area contributed by atoms with Crippen LogP contribution >= 0.6 is 11.6 Å². The van der Waals surface area contributed by atoms with Gasteiger partial charge in [0.25, 0.3) is 0 Å². The van der Waals surface area contributed by atoms with Gasteiger partial charge in [0.2, 0.25) is 0 Å². The highest BCUT2D eigenvalue weighted by molar-refractivity contribution is 6.30. The standard InChI is InChI=1S/C25H31ClN4/c26-23-6-3-5-21(12-23)22-4-1-2-7-24(13-22)29-16-25-15-28-18-30(25)17-20-10-8-19(14-27)9-11-20/h3,5-6,12-13,15,18-20,24,29H,1-2,4,7-11,16-17H2. The van der Waals surface area contributed by atoms with Crippen molar-refractivity contribution in [3.63, 3.8) is 0 Å². The van der Waals surface area contributed by atoms with Crippen molar-refractivity contribution in [3.8, 4) is 6.07 Å². The molecular formula is C25H31ClN4. The van der Waals surface area contributed by atoms with Crippen molar-refractivity contribution in [1.29, 1.82) is 5.26 Å². The van der Waals surface area contributed by atoms with Crippen LogP contribution in [0.2, 0.25) is 5.02 Å². The van der Waals surface area contributed by atoms with E-state index in [1.54, 1.807) is 0 Å². The molecule has 1 saturated carbocycles. The number of nitrogens with zero attached hydrogens (tertiary/aromatic N) is 3. The van der Waals surface area contributed by atoms with Gasteiger partial charge in [-0.3, -0.25) is 0 Å². The summed E-state index contributed by atoms with van der Waals surface area (Å²) in [4.78, 5) is 4.41. The van der Waals surface area contributed by atoms with Crippen LogP contribution in [0.1, 0.15) is 62.6 Å². The van der Waals surface area contributed by atoms with Crippen LogP contribution in [-0.4, -0.2) is 15.6 Å². The molecule has 0 radical (unpaired) electrons. The molecule has 158 valence electrons. The Morgan fingerprint density at radius 3 is 2.83 bits per heavy atom. The van der Waals surface area contributed by atoms with E-state index in [1.807, 2.05) is 24.7 Å². The number of aromatic nitrogens is 2. The Bertz CT molecular complexity index is 902. The third-order valence-electron chi connectivity index (χ3n) is 6.64. The maximum atomic E-state index is 9.11. The Morgan fingerprint density at radius 1 is 1.17 bits per heavy atom. The van der Waals surface area contributed by atoms with Crippen molar-refractivity contribution in [2.75, 3.05) is 0 Å². The summed E-state index contributed by atoms with van der Waals surface area (Å²) in [6.07, 6.45) is 15.5. The number of imidazole rings is 1. The second kappa shape index (κ2) is 10.3. The molecule has 0 bridgehead atoms. The van der Waals surface area contributed by atoms with Crippen molar-refractivity contribution in [1.82, 2.24) is 14.9 Å². The van der Waals surface area contributed by atoms with Crippen LogP contribution in [0.15, 0.2) is 42.9 Å². The third kappa shape index (κ3) is 5.53. The highest BCUT2D eigenvalue weighted by Crippen LogP contribution is 2.30. The van der Waals surface area contributed by atoms with E-state index in [1.165, 1.54) is 29.7 Å². The molecule has 2 aromatic rings. The first-order valence-corrected chi connectivity index (χ1v) is 11.7. The number of hydrogen-bond acceptors (Lipinski definition) is 3. The molecule has 0 amide bonds. The molecule has 5 heteroatoms. The number of allylic oxidation sites excluding steroid dienone is 1. The molecule has 0 spiro atoms. The molecule has 0 saturated heterocycles. The molecule has 1 heterocycles. The molecule has 1 atom stereocenters. The van der Waals surface area contributed by atoms with Crippen molar-refractivity contribution >= 4 is 17.2 Å². The second-order valence-electron chi connectivity index (χ2n) is 8.82. The molecule has 4 nitrogen and oxygen atoms in total. The van der Waals surface area contributed by atoms with Crippen LogP contribution in [-0.2, 0) is 13.1 Å². The average Bonchev–Trinajstić information content (AvgIpc) is 3.06. The molecule has 1 fully saturated rings. The van der Waals surface area contributed by atoms with Crippen LogP contribution in [0.25, 0.3) is 5.57 Å². The minimum Gasteiger partial charge on any atom is -0.333 e. The average molecular weight is 423 g/mol. The summed E-state index contributed by atoms with van der Waals surface area (Å²) < 4.78 is 2.31. The minimum atomic E-state index is 0.265. The van der Waals surface area contributed by atoms with Crippen LogP contribution in [0.5, 0.6) is 0 Å². The fourth-order valence-corrected chi connectivity index (χ4v) is 5.02. The van der Waals surface area contributed by atoms with Gasteiger partial charge in [0.1, 0.15) is 0 Å². The fourth-order valence-electron chi connectivity index (χ4n) is 4.83. The minimum absolute atomic E-state index is 0.265. The van der Waals surface area contributed by atoms with E-state index >= 15 is 0 Å². The molecule has 4 rings (SSSR count). The third-order valence-corrected chi connectivity index (χ3v) is 6.87. The van der Waals surface area contributed by atoms with Gasteiger partial charge in [0.15, 0.2) is 0 Å². The number of benzene rings is 1. The molecule has 2 aliphatic carbocycles. The lowest BCUT2D eigenvalue weighted by Crippen LogP contribution is -2.28. The van der Waals surface area contributed by atoms with Crippen molar-refractivity contribution in [2.45, 2.75) is 70.5 Å². The number of hydrogen-bond donors (Lipinski definition) is 1. The number of nitrogens with one attached hydrogen (secondary N) is 1. The van der Waals surface area contributed by atoms with Crippen molar-refractivity contribution in [3.05, 3.63) is 59.1 Å². The van der Waals surface area contributed by atoms with E-state index in [4.69, 9.17) is 16.9 Å². The van der Waals surface area contributed by atoms with Gasteiger partial charge in [-0.05, 0) is 74.1 Å². The molecule has 1 aromatic heterocycles. The molecular weight excluding hydrogens is 392 g/mol. The van der Waals surface area contributed by atoms with E-state index in [0.29, 0.717) is 12.0 Å². The Morgan fingerprint density at radius 2 is 2.03 bits per heavy atom. The topological polar surface area (TPSA) is 53.6 Å². The van der Waals surface area contributed by atoms with Crippen molar-refractivity contribution in [2.24, 2.45) is 11.8 Å². The number of rotatable bonds is 6. The Labute approximate surface area is 185 Å². The lowest BCUT2D eigenvalue weighted by Gasteiger charge is -2.25. The smallest absolute Gasteiger partial charge is 0.0948 e. The van der Waals surface area contributed by atoms with Gasteiger partial charge in [0, 0.05) is 36.3 Å². The Hall–Kier alpha value is -2.09. The summed E-state index contributed by atoms with van der Waals surface area (Å²) in [5.74, 6) is 0.927. The Balaban J connectivity index is 1.37. The second-order valence-corrected chi connectivity index (χ2v) is 9.26. The molecule has 1 N–H and O–H groups in total. The first-order valence-electron chi connectivity index (χ1n) is 11.3. The van der Waals surface area contributed by atoms with Gasteiger partial charge in [-0.1, -0.05) is 36.2 Å². The molecule has 1 unspecified atom stereocenters. The maximum Gasteiger partial charge on any atom is 0.0948 e. The largest absolute Gasteiger partial charge is 0.333 e. The molecule has 1 aromatic carbocycles. The quantitative estimate of drug-likeness (QED) is 0.622. The summed E-state index contributed by atoms with van der Waals surface area (Å²) in [6, 6.07) is 11.0. The summed E-state index contributed by atoms with van der Waals surface area (Å²) in [7, 11) is 0. The van der Waals surface area contributed by atoms with Crippen LogP contribution in [0.4, 0.5) is 0 Å². The van der Waals surface area contributed by atoms with E-state index in [0.717, 1.165) is 56.6 Å². The molecule has 2 aliphatic rings. The summed E-state index contributed by atoms with van der Waals surface area (Å²) >= 11 is 6.22. The van der Waals surface area contributed by atoms with Gasteiger partial charge in [-0.2, -0.15) is 5.26 Å². The van der Waals surface area contributed by atoms with Gasteiger partial charge in [-0.25, -0.2) is 4.98 Å². The zero-order chi connectivity index (χ0) is 20.8. The summed E-state index contributed by atoms with van der Waals surface area (Å²) in [5, 5.41) is 13.7. The predicted molar refractivity (Wildman–Crippen MR) is 122 cm³/mol. The van der Waals surface area contributed by atoms with Crippen LogP contribution in [0, 0.1) is 23.2 Å². The zero-order valence-corrected chi connectivity index (χ0v) is 18.3. The SMILES string of the molecule is N#CC1CCC(Cn2cncc2CNC2C=C(c3cccc(Cl)c3)CCCC2)CC1. The van der Waals surface area contributed by atoms with E-state index in [-0.39, 0.29) is 5.92 Å². The number of halogens is 1.